The number of pyridine rings is 1. The quantitative estimate of drug-likeness (QED) is 0.628. The molecule has 152 valence electrons. The molecule has 1 amide bonds. The van der Waals surface area contributed by atoms with E-state index in [1.807, 2.05) is 22.6 Å². The highest BCUT2D eigenvalue weighted by Crippen LogP contribution is 2.26. The fourth-order valence-electron chi connectivity index (χ4n) is 4.31. The van der Waals surface area contributed by atoms with E-state index in [1.54, 1.807) is 6.20 Å². The molecule has 0 spiro atoms. The smallest absolute Gasteiger partial charge is 0.254 e. The van der Waals surface area contributed by atoms with Gasteiger partial charge in [0, 0.05) is 24.8 Å². The van der Waals surface area contributed by atoms with E-state index in [4.69, 9.17) is 0 Å². The summed E-state index contributed by atoms with van der Waals surface area (Å²) in [6.07, 6.45) is 6.28. The molecule has 3 heterocycles. The van der Waals surface area contributed by atoms with Crippen LogP contribution in [0.5, 0.6) is 0 Å². The van der Waals surface area contributed by atoms with E-state index in [-0.39, 0.29) is 11.9 Å². The maximum atomic E-state index is 13.3. The minimum atomic E-state index is 0.116. The zero-order valence-electron chi connectivity index (χ0n) is 17.6. The summed E-state index contributed by atoms with van der Waals surface area (Å²) >= 11 is 0. The number of nitrogens with zero attached hydrogens (tertiary/aromatic N) is 4. The second-order valence-corrected chi connectivity index (χ2v) is 8.49. The number of aromatic nitrogens is 3. The van der Waals surface area contributed by atoms with Gasteiger partial charge in [-0.2, -0.15) is 5.10 Å². The minimum Gasteiger partial charge on any atom is -0.339 e. The SMILES string of the molecule is Cc1cc(C(=O)N2CCC(CCc3ccccc3)CC2)c2cnn(C(C)C)c2n1. The van der Waals surface area contributed by atoms with Gasteiger partial charge in [-0.05, 0) is 64.0 Å². The van der Waals surface area contributed by atoms with Crippen LogP contribution in [-0.2, 0) is 6.42 Å². The fraction of sp³-hybridized carbons (Fsp3) is 0.458. The number of likely N-dealkylation sites (tertiary alicyclic amines) is 1. The first-order chi connectivity index (χ1) is 14.0. The number of rotatable bonds is 5. The molecule has 1 fully saturated rings. The van der Waals surface area contributed by atoms with Crippen LogP contribution in [0.2, 0.25) is 0 Å². The molecule has 5 nitrogen and oxygen atoms in total. The zero-order valence-corrected chi connectivity index (χ0v) is 17.6. The van der Waals surface area contributed by atoms with Gasteiger partial charge < -0.3 is 4.90 Å². The highest BCUT2D eigenvalue weighted by atomic mass is 16.2. The molecule has 1 aliphatic rings. The van der Waals surface area contributed by atoms with Gasteiger partial charge in [0.1, 0.15) is 0 Å². The third-order valence-corrected chi connectivity index (χ3v) is 6.00. The normalized spacial score (nSPS) is 15.4. The topological polar surface area (TPSA) is 51.0 Å². The maximum Gasteiger partial charge on any atom is 0.254 e. The number of hydrogen-bond donors (Lipinski definition) is 0. The second kappa shape index (κ2) is 8.36. The highest BCUT2D eigenvalue weighted by Gasteiger charge is 2.26. The van der Waals surface area contributed by atoms with Crippen molar-refractivity contribution in [2.24, 2.45) is 5.92 Å². The predicted molar refractivity (Wildman–Crippen MR) is 116 cm³/mol. The van der Waals surface area contributed by atoms with E-state index in [1.165, 1.54) is 12.0 Å². The van der Waals surface area contributed by atoms with Crippen LogP contribution < -0.4 is 0 Å². The first-order valence-electron chi connectivity index (χ1n) is 10.7. The molecule has 1 aliphatic heterocycles. The lowest BCUT2D eigenvalue weighted by Gasteiger charge is -2.32. The fourth-order valence-corrected chi connectivity index (χ4v) is 4.31. The van der Waals surface area contributed by atoms with Crippen molar-refractivity contribution in [2.45, 2.75) is 52.5 Å². The van der Waals surface area contributed by atoms with Gasteiger partial charge in [0.2, 0.25) is 0 Å². The van der Waals surface area contributed by atoms with Crippen LogP contribution in [0.15, 0.2) is 42.6 Å². The molecule has 3 aromatic rings. The lowest BCUT2D eigenvalue weighted by atomic mass is 9.90. The van der Waals surface area contributed by atoms with Crippen LogP contribution in [-0.4, -0.2) is 38.7 Å². The third kappa shape index (κ3) is 4.19. The monoisotopic (exact) mass is 390 g/mol. The first-order valence-corrected chi connectivity index (χ1v) is 10.7. The molecule has 5 heteroatoms. The summed E-state index contributed by atoms with van der Waals surface area (Å²) in [7, 11) is 0. The van der Waals surface area contributed by atoms with Gasteiger partial charge in [-0.1, -0.05) is 30.3 Å². The Bertz CT molecular complexity index is 985. The molecule has 0 saturated carbocycles. The van der Waals surface area contributed by atoms with Crippen LogP contribution in [0.3, 0.4) is 0 Å². The number of benzene rings is 1. The van der Waals surface area contributed by atoms with Crippen molar-refractivity contribution in [2.75, 3.05) is 13.1 Å². The Balaban J connectivity index is 1.43. The van der Waals surface area contributed by atoms with E-state index < -0.39 is 0 Å². The van der Waals surface area contributed by atoms with Crippen molar-refractivity contribution in [1.29, 1.82) is 0 Å². The molecular weight excluding hydrogens is 360 g/mol. The number of piperidine rings is 1. The molecule has 1 saturated heterocycles. The predicted octanol–water partition coefficient (Wildman–Crippen LogP) is 4.81. The Labute approximate surface area is 172 Å². The van der Waals surface area contributed by atoms with Crippen molar-refractivity contribution in [1.82, 2.24) is 19.7 Å². The van der Waals surface area contributed by atoms with Crippen LogP contribution in [0.4, 0.5) is 0 Å². The lowest BCUT2D eigenvalue weighted by Crippen LogP contribution is -2.38. The van der Waals surface area contributed by atoms with E-state index in [9.17, 15) is 4.79 Å². The number of fused-ring (bicyclic) bond motifs is 1. The molecule has 2 aromatic heterocycles. The Morgan fingerprint density at radius 3 is 2.59 bits per heavy atom. The number of carbonyl (C=O) groups is 1. The van der Waals surface area contributed by atoms with Crippen molar-refractivity contribution in [3.63, 3.8) is 0 Å². The average molecular weight is 391 g/mol. The molecular formula is C24H30N4O. The van der Waals surface area contributed by atoms with Gasteiger partial charge >= 0.3 is 0 Å². The lowest BCUT2D eigenvalue weighted by molar-refractivity contribution is 0.0688. The van der Waals surface area contributed by atoms with Crippen LogP contribution >= 0.6 is 0 Å². The molecule has 0 aliphatic carbocycles. The first kappa shape index (κ1) is 19.6. The van der Waals surface area contributed by atoms with Crippen molar-refractivity contribution < 1.29 is 4.79 Å². The second-order valence-electron chi connectivity index (χ2n) is 8.49. The van der Waals surface area contributed by atoms with Crippen LogP contribution in [0, 0.1) is 12.8 Å². The summed E-state index contributed by atoms with van der Waals surface area (Å²) < 4.78 is 1.90. The van der Waals surface area contributed by atoms with E-state index >= 15 is 0 Å². The van der Waals surface area contributed by atoms with Crippen molar-refractivity contribution >= 4 is 16.9 Å². The number of hydrogen-bond acceptors (Lipinski definition) is 3. The Morgan fingerprint density at radius 1 is 1.17 bits per heavy atom. The van der Waals surface area contributed by atoms with Crippen molar-refractivity contribution in [3.05, 3.63) is 59.4 Å². The summed E-state index contributed by atoms with van der Waals surface area (Å²) in [6.45, 7) is 7.78. The molecule has 0 bridgehead atoms. The summed E-state index contributed by atoms with van der Waals surface area (Å²) in [5, 5.41) is 5.33. The van der Waals surface area contributed by atoms with Gasteiger partial charge in [-0.25, -0.2) is 9.67 Å². The van der Waals surface area contributed by atoms with Crippen LogP contribution in [0.1, 0.15) is 60.8 Å². The standard InChI is InChI=1S/C24H30N4O/c1-17(2)28-23-22(16-25-28)21(15-18(3)26-23)24(29)27-13-11-20(12-14-27)10-9-19-7-5-4-6-8-19/h4-8,15-17,20H,9-14H2,1-3H3. The summed E-state index contributed by atoms with van der Waals surface area (Å²) in [5.74, 6) is 0.812. The third-order valence-electron chi connectivity index (χ3n) is 6.00. The average Bonchev–Trinajstić information content (AvgIpc) is 3.16. The number of carbonyl (C=O) groups excluding carboxylic acids is 1. The van der Waals surface area contributed by atoms with E-state index in [2.05, 4.69) is 54.3 Å². The summed E-state index contributed by atoms with van der Waals surface area (Å²) in [6, 6.07) is 12.8. The Hall–Kier alpha value is -2.69. The largest absolute Gasteiger partial charge is 0.339 e. The Kier molecular flexibility index (Phi) is 5.65. The van der Waals surface area contributed by atoms with Gasteiger partial charge in [0.15, 0.2) is 5.65 Å². The van der Waals surface area contributed by atoms with Gasteiger partial charge in [0.25, 0.3) is 5.91 Å². The molecule has 0 atom stereocenters. The van der Waals surface area contributed by atoms with Gasteiger partial charge in [0.05, 0.1) is 17.1 Å². The zero-order chi connectivity index (χ0) is 20.4. The molecule has 0 radical (unpaired) electrons. The minimum absolute atomic E-state index is 0.116. The van der Waals surface area contributed by atoms with Gasteiger partial charge in [-0.15, -0.1) is 0 Å². The molecule has 29 heavy (non-hydrogen) atoms. The van der Waals surface area contributed by atoms with Gasteiger partial charge in [-0.3, -0.25) is 4.79 Å². The number of amides is 1. The van der Waals surface area contributed by atoms with E-state index in [0.717, 1.165) is 54.6 Å². The molecule has 0 N–H and O–H groups in total. The molecule has 0 unspecified atom stereocenters. The van der Waals surface area contributed by atoms with Crippen LogP contribution in [0.25, 0.3) is 11.0 Å². The van der Waals surface area contributed by atoms with E-state index in [0.29, 0.717) is 5.92 Å². The molecule has 1 aromatic carbocycles. The summed E-state index contributed by atoms with van der Waals surface area (Å²) in [5.41, 5.74) is 3.81. The highest BCUT2D eigenvalue weighted by molar-refractivity contribution is 6.05. The van der Waals surface area contributed by atoms with Crippen molar-refractivity contribution in [3.8, 4) is 0 Å². The maximum absolute atomic E-state index is 13.3. The summed E-state index contributed by atoms with van der Waals surface area (Å²) in [4.78, 5) is 19.9. The Morgan fingerprint density at radius 2 is 1.90 bits per heavy atom. The number of aryl methyl sites for hydroxylation is 2. The molecule has 4 rings (SSSR count).